The Bertz CT molecular complexity index is 405. The van der Waals surface area contributed by atoms with Crippen LogP contribution in [0.2, 0.25) is 0 Å². The highest BCUT2D eigenvalue weighted by molar-refractivity contribution is 9.10. The minimum absolute atomic E-state index is 0.153. The lowest BCUT2D eigenvalue weighted by atomic mass is 9.82. The van der Waals surface area contributed by atoms with Gasteiger partial charge >= 0.3 is 0 Å². The van der Waals surface area contributed by atoms with Crippen molar-refractivity contribution in [3.05, 3.63) is 34.1 Å². The second-order valence-electron chi connectivity index (χ2n) is 5.07. The van der Waals surface area contributed by atoms with Crippen LogP contribution in [-0.4, -0.2) is 17.3 Å². The number of hydrogen-bond donors (Lipinski definition) is 2. The van der Waals surface area contributed by atoms with Crippen molar-refractivity contribution in [2.24, 2.45) is 0 Å². The molecule has 2 N–H and O–H groups in total. The topological polar surface area (TPSA) is 32.3 Å². The maximum absolute atomic E-state index is 13.4. The van der Waals surface area contributed by atoms with Gasteiger partial charge in [0.15, 0.2) is 0 Å². The molecule has 0 spiro atoms. The van der Waals surface area contributed by atoms with Crippen LogP contribution < -0.4 is 5.32 Å². The van der Waals surface area contributed by atoms with E-state index in [4.69, 9.17) is 0 Å². The highest BCUT2D eigenvalue weighted by Crippen LogP contribution is 2.29. The summed E-state index contributed by atoms with van der Waals surface area (Å²) >= 11 is 3.27. The molecular formula is C14H19BrFNO. The van der Waals surface area contributed by atoms with Gasteiger partial charge in [-0.3, -0.25) is 0 Å². The van der Waals surface area contributed by atoms with Gasteiger partial charge in [0, 0.05) is 12.1 Å². The summed E-state index contributed by atoms with van der Waals surface area (Å²) in [7, 11) is 0. The number of halogens is 2. The number of rotatable bonds is 4. The van der Waals surface area contributed by atoms with Gasteiger partial charge in [-0.25, -0.2) is 4.39 Å². The summed E-state index contributed by atoms with van der Waals surface area (Å²) in [5, 5.41) is 13.0. The van der Waals surface area contributed by atoms with Crippen molar-refractivity contribution < 1.29 is 9.50 Å². The van der Waals surface area contributed by atoms with Gasteiger partial charge in [-0.05, 0) is 40.4 Å². The Morgan fingerprint density at radius 2 is 2.00 bits per heavy atom. The fourth-order valence-electron chi connectivity index (χ4n) is 2.59. The van der Waals surface area contributed by atoms with E-state index in [0.717, 1.165) is 31.2 Å². The van der Waals surface area contributed by atoms with Gasteiger partial charge in [0.2, 0.25) is 0 Å². The van der Waals surface area contributed by atoms with E-state index in [9.17, 15) is 9.50 Å². The third kappa shape index (κ3) is 3.11. The van der Waals surface area contributed by atoms with Gasteiger partial charge in [-0.2, -0.15) is 0 Å². The molecular weight excluding hydrogens is 297 g/mol. The number of aliphatic hydroxyl groups excluding tert-OH is 1. The van der Waals surface area contributed by atoms with Crippen LogP contribution in [0.5, 0.6) is 0 Å². The molecule has 0 atom stereocenters. The van der Waals surface area contributed by atoms with E-state index >= 15 is 0 Å². The summed E-state index contributed by atoms with van der Waals surface area (Å²) in [6, 6.07) is 5.05. The summed E-state index contributed by atoms with van der Waals surface area (Å²) in [5.74, 6) is -0.240. The van der Waals surface area contributed by atoms with E-state index < -0.39 is 0 Å². The van der Waals surface area contributed by atoms with Crippen molar-refractivity contribution in [1.29, 1.82) is 0 Å². The van der Waals surface area contributed by atoms with Gasteiger partial charge in [-0.15, -0.1) is 0 Å². The number of aliphatic hydroxyl groups is 1. The molecule has 0 aliphatic heterocycles. The molecule has 0 bridgehead atoms. The molecule has 1 aromatic carbocycles. The lowest BCUT2D eigenvalue weighted by Crippen LogP contribution is -2.49. The fourth-order valence-corrected chi connectivity index (χ4v) is 2.99. The molecule has 1 saturated carbocycles. The molecule has 2 rings (SSSR count). The second kappa shape index (κ2) is 6.13. The Balaban J connectivity index is 2.03. The Morgan fingerprint density at radius 1 is 1.28 bits per heavy atom. The first-order valence-corrected chi connectivity index (χ1v) is 7.25. The van der Waals surface area contributed by atoms with Crippen molar-refractivity contribution in [2.45, 2.75) is 44.2 Å². The molecule has 1 fully saturated rings. The number of benzene rings is 1. The SMILES string of the molecule is OCC1(NCc2cccc(F)c2Br)CCCCC1. The van der Waals surface area contributed by atoms with Crippen LogP contribution >= 0.6 is 15.9 Å². The molecule has 0 amide bonds. The van der Waals surface area contributed by atoms with Gasteiger partial charge in [0.25, 0.3) is 0 Å². The van der Waals surface area contributed by atoms with E-state index in [1.165, 1.54) is 12.5 Å². The van der Waals surface area contributed by atoms with E-state index in [-0.39, 0.29) is 18.0 Å². The summed E-state index contributed by atoms with van der Waals surface area (Å²) in [4.78, 5) is 0. The Hall–Kier alpha value is -0.450. The smallest absolute Gasteiger partial charge is 0.137 e. The standard InChI is InChI=1S/C14H19BrFNO/c15-13-11(5-4-6-12(13)16)9-17-14(10-18)7-2-1-3-8-14/h4-6,17-18H,1-3,7-10H2. The third-order valence-electron chi connectivity index (χ3n) is 3.80. The molecule has 1 aliphatic carbocycles. The Labute approximate surface area is 116 Å². The van der Waals surface area contributed by atoms with Crippen molar-refractivity contribution in [3.8, 4) is 0 Å². The monoisotopic (exact) mass is 315 g/mol. The van der Waals surface area contributed by atoms with Gasteiger partial charge in [0.05, 0.1) is 11.1 Å². The van der Waals surface area contributed by atoms with E-state index in [2.05, 4.69) is 21.2 Å². The molecule has 18 heavy (non-hydrogen) atoms. The first kappa shape index (κ1) is 14.0. The van der Waals surface area contributed by atoms with E-state index in [1.54, 1.807) is 6.07 Å². The minimum Gasteiger partial charge on any atom is -0.394 e. The summed E-state index contributed by atoms with van der Waals surface area (Å²) in [6.07, 6.45) is 5.54. The molecule has 0 unspecified atom stereocenters. The average molecular weight is 316 g/mol. The van der Waals surface area contributed by atoms with E-state index in [1.807, 2.05) is 6.07 Å². The first-order valence-electron chi connectivity index (χ1n) is 6.46. The zero-order valence-corrected chi connectivity index (χ0v) is 12.0. The van der Waals surface area contributed by atoms with Gasteiger partial charge in [-0.1, -0.05) is 31.4 Å². The molecule has 2 nitrogen and oxygen atoms in total. The number of hydrogen-bond acceptors (Lipinski definition) is 2. The maximum atomic E-state index is 13.4. The van der Waals surface area contributed by atoms with Crippen molar-refractivity contribution in [1.82, 2.24) is 5.32 Å². The van der Waals surface area contributed by atoms with Crippen LogP contribution in [-0.2, 0) is 6.54 Å². The molecule has 0 heterocycles. The maximum Gasteiger partial charge on any atom is 0.137 e. The fraction of sp³-hybridized carbons (Fsp3) is 0.571. The molecule has 1 aliphatic rings. The largest absolute Gasteiger partial charge is 0.394 e. The van der Waals surface area contributed by atoms with Crippen molar-refractivity contribution in [2.75, 3.05) is 6.61 Å². The van der Waals surface area contributed by atoms with Crippen LogP contribution in [0.15, 0.2) is 22.7 Å². The molecule has 0 aromatic heterocycles. The number of nitrogens with one attached hydrogen (secondary N) is 1. The van der Waals surface area contributed by atoms with Crippen molar-refractivity contribution in [3.63, 3.8) is 0 Å². The summed E-state index contributed by atoms with van der Waals surface area (Å²) < 4.78 is 13.9. The van der Waals surface area contributed by atoms with Gasteiger partial charge in [0.1, 0.15) is 5.82 Å². The van der Waals surface area contributed by atoms with Crippen LogP contribution in [0, 0.1) is 5.82 Å². The lowest BCUT2D eigenvalue weighted by Gasteiger charge is -2.36. The first-order chi connectivity index (χ1) is 8.67. The molecule has 4 heteroatoms. The summed E-state index contributed by atoms with van der Waals surface area (Å²) in [5.41, 5.74) is 0.720. The predicted molar refractivity (Wildman–Crippen MR) is 73.8 cm³/mol. The highest BCUT2D eigenvalue weighted by Gasteiger charge is 2.30. The lowest BCUT2D eigenvalue weighted by molar-refractivity contribution is 0.119. The third-order valence-corrected chi connectivity index (χ3v) is 4.69. The molecule has 1 aromatic rings. The van der Waals surface area contributed by atoms with E-state index in [0.29, 0.717) is 11.0 Å². The molecule has 100 valence electrons. The average Bonchev–Trinajstić information content (AvgIpc) is 2.41. The highest BCUT2D eigenvalue weighted by atomic mass is 79.9. The Morgan fingerprint density at radius 3 is 2.67 bits per heavy atom. The van der Waals surface area contributed by atoms with Crippen LogP contribution in [0.4, 0.5) is 4.39 Å². The van der Waals surface area contributed by atoms with Crippen LogP contribution in [0.3, 0.4) is 0 Å². The molecule has 0 saturated heterocycles. The van der Waals surface area contributed by atoms with Crippen LogP contribution in [0.1, 0.15) is 37.7 Å². The Kier molecular flexibility index (Phi) is 4.76. The zero-order chi connectivity index (χ0) is 13.0. The van der Waals surface area contributed by atoms with Crippen molar-refractivity contribution >= 4 is 15.9 Å². The second-order valence-corrected chi connectivity index (χ2v) is 5.86. The van der Waals surface area contributed by atoms with Gasteiger partial charge < -0.3 is 10.4 Å². The summed E-state index contributed by atoms with van der Waals surface area (Å²) in [6.45, 7) is 0.735. The predicted octanol–water partition coefficient (Wildman–Crippen LogP) is 3.37. The normalized spacial score (nSPS) is 18.8. The minimum atomic E-state index is -0.240. The van der Waals surface area contributed by atoms with Crippen LogP contribution in [0.25, 0.3) is 0 Å². The molecule has 0 radical (unpaired) electrons. The quantitative estimate of drug-likeness (QED) is 0.892. The zero-order valence-electron chi connectivity index (χ0n) is 10.4.